The van der Waals surface area contributed by atoms with E-state index in [1.165, 1.54) is 6.07 Å². The lowest BCUT2D eigenvalue weighted by molar-refractivity contribution is -0.115. The smallest absolute Gasteiger partial charge is 0.228 e. The van der Waals surface area contributed by atoms with Crippen molar-refractivity contribution in [3.8, 4) is 0 Å². The molecule has 0 atom stereocenters. The molecule has 0 aliphatic carbocycles. The molecule has 3 aromatic rings. The quantitative estimate of drug-likeness (QED) is 0.758. The first-order valence-electron chi connectivity index (χ1n) is 6.43. The van der Waals surface area contributed by atoms with Gasteiger partial charge >= 0.3 is 0 Å². The van der Waals surface area contributed by atoms with E-state index in [4.69, 9.17) is 0 Å². The molecule has 0 bridgehead atoms. The van der Waals surface area contributed by atoms with Gasteiger partial charge in [0.25, 0.3) is 0 Å². The minimum absolute atomic E-state index is 0.0256. The van der Waals surface area contributed by atoms with E-state index in [0.29, 0.717) is 0 Å². The molecular formula is C16H12F2N2O. The summed E-state index contributed by atoms with van der Waals surface area (Å²) in [4.78, 5) is 15.0. The number of benzene rings is 2. The summed E-state index contributed by atoms with van der Waals surface area (Å²) < 4.78 is 26.2. The summed E-state index contributed by atoms with van der Waals surface area (Å²) in [6.07, 6.45) is 1.94. The van der Waals surface area contributed by atoms with Crippen LogP contribution in [-0.4, -0.2) is 10.9 Å². The SMILES string of the molecule is O=C(Cc1ccc2cc[nH]c2c1)Nc1ccc(F)cc1F. The second-order valence-corrected chi connectivity index (χ2v) is 4.75. The summed E-state index contributed by atoms with van der Waals surface area (Å²) in [5.74, 6) is -1.82. The van der Waals surface area contributed by atoms with Crippen LogP contribution in [-0.2, 0) is 11.2 Å². The monoisotopic (exact) mass is 286 g/mol. The number of anilines is 1. The number of rotatable bonds is 3. The molecule has 0 saturated heterocycles. The van der Waals surface area contributed by atoms with Gasteiger partial charge in [-0.15, -0.1) is 0 Å². The van der Waals surface area contributed by atoms with Crippen molar-refractivity contribution in [1.29, 1.82) is 0 Å². The van der Waals surface area contributed by atoms with Gasteiger partial charge in [-0.05, 0) is 35.2 Å². The van der Waals surface area contributed by atoms with Crippen LogP contribution in [0.4, 0.5) is 14.5 Å². The van der Waals surface area contributed by atoms with Gasteiger partial charge in [-0.2, -0.15) is 0 Å². The highest BCUT2D eigenvalue weighted by Crippen LogP contribution is 2.17. The molecule has 0 fully saturated rings. The fraction of sp³-hybridized carbons (Fsp3) is 0.0625. The molecular weight excluding hydrogens is 274 g/mol. The van der Waals surface area contributed by atoms with Crippen LogP contribution in [0.2, 0.25) is 0 Å². The average Bonchev–Trinajstić information content (AvgIpc) is 2.89. The van der Waals surface area contributed by atoms with Gasteiger partial charge in [0.2, 0.25) is 5.91 Å². The molecule has 3 nitrogen and oxygen atoms in total. The normalized spacial score (nSPS) is 10.8. The molecule has 5 heteroatoms. The first-order chi connectivity index (χ1) is 10.1. The van der Waals surface area contributed by atoms with Crippen molar-refractivity contribution in [3.05, 3.63) is 65.9 Å². The Kier molecular flexibility index (Phi) is 3.39. The Morgan fingerprint density at radius 1 is 1.10 bits per heavy atom. The molecule has 1 heterocycles. The minimum Gasteiger partial charge on any atom is -0.361 e. The van der Waals surface area contributed by atoms with Gasteiger partial charge in [-0.1, -0.05) is 12.1 Å². The molecule has 1 amide bonds. The standard InChI is InChI=1S/C16H12F2N2O/c17-12-3-4-14(13(18)9-12)20-16(21)8-10-1-2-11-5-6-19-15(11)7-10/h1-7,9,19H,8H2,(H,20,21). The van der Waals surface area contributed by atoms with Crippen molar-refractivity contribution < 1.29 is 13.6 Å². The van der Waals surface area contributed by atoms with E-state index in [-0.39, 0.29) is 18.0 Å². The zero-order chi connectivity index (χ0) is 14.8. The van der Waals surface area contributed by atoms with Crippen LogP contribution in [0.5, 0.6) is 0 Å². The summed E-state index contributed by atoms with van der Waals surface area (Å²) in [5.41, 5.74) is 1.72. The fourth-order valence-corrected chi connectivity index (χ4v) is 2.18. The lowest BCUT2D eigenvalue weighted by atomic mass is 10.1. The summed E-state index contributed by atoms with van der Waals surface area (Å²) in [5, 5.41) is 3.50. The third kappa shape index (κ3) is 2.91. The molecule has 3 rings (SSSR count). The first kappa shape index (κ1) is 13.3. The Morgan fingerprint density at radius 3 is 2.76 bits per heavy atom. The van der Waals surface area contributed by atoms with Crippen LogP contribution in [0.3, 0.4) is 0 Å². The average molecular weight is 286 g/mol. The third-order valence-electron chi connectivity index (χ3n) is 3.19. The third-order valence-corrected chi connectivity index (χ3v) is 3.19. The lowest BCUT2D eigenvalue weighted by Gasteiger charge is -2.06. The maximum Gasteiger partial charge on any atom is 0.228 e. The van der Waals surface area contributed by atoms with E-state index < -0.39 is 11.6 Å². The van der Waals surface area contributed by atoms with E-state index in [1.807, 2.05) is 30.5 Å². The van der Waals surface area contributed by atoms with Gasteiger partial charge in [-0.3, -0.25) is 4.79 Å². The van der Waals surface area contributed by atoms with Crippen LogP contribution >= 0.6 is 0 Å². The van der Waals surface area contributed by atoms with Crippen molar-refractivity contribution in [2.24, 2.45) is 0 Å². The number of hydrogen-bond acceptors (Lipinski definition) is 1. The maximum atomic E-state index is 13.5. The zero-order valence-corrected chi connectivity index (χ0v) is 11.0. The molecule has 0 radical (unpaired) electrons. The maximum absolute atomic E-state index is 13.5. The van der Waals surface area contributed by atoms with Crippen molar-refractivity contribution in [1.82, 2.24) is 4.98 Å². The van der Waals surface area contributed by atoms with E-state index in [9.17, 15) is 13.6 Å². The summed E-state index contributed by atoms with van der Waals surface area (Å²) in [6.45, 7) is 0. The molecule has 0 aliphatic rings. The Bertz CT molecular complexity index is 811. The number of carbonyl (C=O) groups is 1. The number of fused-ring (bicyclic) bond motifs is 1. The van der Waals surface area contributed by atoms with Crippen LogP contribution in [0.15, 0.2) is 48.7 Å². The fourth-order valence-electron chi connectivity index (χ4n) is 2.18. The molecule has 1 aromatic heterocycles. The predicted octanol–water partition coefficient (Wildman–Crippen LogP) is 3.63. The predicted molar refractivity (Wildman–Crippen MR) is 77.0 cm³/mol. The van der Waals surface area contributed by atoms with E-state index in [0.717, 1.165) is 28.6 Å². The van der Waals surface area contributed by atoms with Gasteiger partial charge in [0.15, 0.2) is 0 Å². The zero-order valence-electron chi connectivity index (χ0n) is 11.0. The van der Waals surface area contributed by atoms with Crippen molar-refractivity contribution >= 4 is 22.5 Å². The van der Waals surface area contributed by atoms with Gasteiger partial charge in [-0.25, -0.2) is 8.78 Å². The number of aromatic nitrogens is 1. The van der Waals surface area contributed by atoms with Gasteiger partial charge in [0, 0.05) is 17.8 Å². The second-order valence-electron chi connectivity index (χ2n) is 4.75. The molecule has 2 aromatic carbocycles. The lowest BCUT2D eigenvalue weighted by Crippen LogP contribution is -2.15. The number of carbonyl (C=O) groups excluding carboxylic acids is 1. The number of aromatic amines is 1. The summed E-state index contributed by atoms with van der Waals surface area (Å²) in [6, 6.07) is 10.6. The van der Waals surface area contributed by atoms with Gasteiger partial charge in [0.1, 0.15) is 11.6 Å². The Balaban J connectivity index is 1.73. The molecule has 21 heavy (non-hydrogen) atoms. The minimum atomic E-state index is -0.789. The number of nitrogens with one attached hydrogen (secondary N) is 2. The number of halogens is 2. The highest BCUT2D eigenvalue weighted by Gasteiger charge is 2.09. The molecule has 2 N–H and O–H groups in total. The first-order valence-corrected chi connectivity index (χ1v) is 6.43. The molecule has 0 aliphatic heterocycles. The van der Waals surface area contributed by atoms with Crippen LogP contribution in [0.1, 0.15) is 5.56 Å². The molecule has 0 spiro atoms. The van der Waals surface area contributed by atoms with Crippen molar-refractivity contribution in [2.75, 3.05) is 5.32 Å². The van der Waals surface area contributed by atoms with E-state index in [2.05, 4.69) is 10.3 Å². The summed E-state index contributed by atoms with van der Waals surface area (Å²) >= 11 is 0. The van der Waals surface area contributed by atoms with E-state index in [1.54, 1.807) is 0 Å². The van der Waals surface area contributed by atoms with Crippen LogP contribution in [0, 0.1) is 11.6 Å². The number of amides is 1. The Morgan fingerprint density at radius 2 is 1.95 bits per heavy atom. The van der Waals surface area contributed by atoms with Crippen molar-refractivity contribution in [2.45, 2.75) is 6.42 Å². The summed E-state index contributed by atoms with van der Waals surface area (Å²) in [7, 11) is 0. The van der Waals surface area contributed by atoms with Gasteiger partial charge in [0.05, 0.1) is 12.1 Å². The highest BCUT2D eigenvalue weighted by molar-refractivity contribution is 5.93. The molecule has 0 saturated carbocycles. The topological polar surface area (TPSA) is 44.9 Å². The molecule has 0 unspecified atom stereocenters. The van der Waals surface area contributed by atoms with Crippen LogP contribution < -0.4 is 5.32 Å². The number of H-pyrrole nitrogens is 1. The largest absolute Gasteiger partial charge is 0.361 e. The second kappa shape index (κ2) is 5.36. The Labute approximate surface area is 119 Å². The van der Waals surface area contributed by atoms with Crippen LogP contribution in [0.25, 0.3) is 10.9 Å². The van der Waals surface area contributed by atoms with E-state index >= 15 is 0 Å². The highest BCUT2D eigenvalue weighted by atomic mass is 19.1. The molecule has 106 valence electrons. The van der Waals surface area contributed by atoms with Gasteiger partial charge < -0.3 is 10.3 Å². The number of hydrogen-bond donors (Lipinski definition) is 2. The van der Waals surface area contributed by atoms with Crippen molar-refractivity contribution in [3.63, 3.8) is 0 Å². The Hall–Kier alpha value is -2.69.